The first-order valence-corrected chi connectivity index (χ1v) is 7.63. The lowest BCUT2D eigenvalue weighted by atomic mass is 10.0. The molecule has 2 heterocycles. The Morgan fingerprint density at radius 3 is 2.54 bits per heavy atom. The van der Waals surface area contributed by atoms with Gasteiger partial charge in [-0.05, 0) is 46.9 Å². The lowest BCUT2D eigenvalue weighted by Crippen LogP contribution is -2.45. The Hall–Kier alpha value is -2.84. The summed E-state index contributed by atoms with van der Waals surface area (Å²) in [7, 11) is 0. The summed E-state index contributed by atoms with van der Waals surface area (Å²) in [5, 5.41) is 22.8. The Kier molecular flexibility index (Phi) is 5.94. The van der Waals surface area contributed by atoms with Crippen molar-refractivity contribution in [2.75, 3.05) is 0 Å². The van der Waals surface area contributed by atoms with Crippen LogP contribution in [0.25, 0.3) is 0 Å². The molecule has 2 unspecified atom stereocenters. The summed E-state index contributed by atoms with van der Waals surface area (Å²) in [6.07, 6.45) is 5.45. The Balaban J connectivity index is 2.03. The van der Waals surface area contributed by atoms with Crippen LogP contribution in [-0.2, 0) is 16.0 Å². The van der Waals surface area contributed by atoms with Crippen LogP contribution in [0.15, 0.2) is 30.9 Å². The SMILES string of the molecule is CC(C)C(C(=O)NC(CCc1ccncc1)C(=O)O)n1cnnn1. The van der Waals surface area contributed by atoms with Crippen LogP contribution < -0.4 is 5.32 Å². The van der Waals surface area contributed by atoms with Gasteiger partial charge in [0.15, 0.2) is 0 Å². The van der Waals surface area contributed by atoms with Crippen LogP contribution in [0.3, 0.4) is 0 Å². The third-order valence-electron chi connectivity index (χ3n) is 3.64. The van der Waals surface area contributed by atoms with Gasteiger partial charge in [-0.3, -0.25) is 9.78 Å². The van der Waals surface area contributed by atoms with E-state index in [2.05, 4.69) is 25.8 Å². The number of carbonyl (C=O) groups excluding carboxylic acids is 1. The highest BCUT2D eigenvalue weighted by molar-refractivity contribution is 5.86. The van der Waals surface area contributed by atoms with Gasteiger partial charge in [-0.2, -0.15) is 0 Å². The van der Waals surface area contributed by atoms with Gasteiger partial charge in [-0.15, -0.1) is 5.10 Å². The molecule has 0 aliphatic carbocycles. The van der Waals surface area contributed by atoms with Gasteiger partial charge in [0.2, 0.25) is 5.91 Å². The minimum atomic E-state index is -1.07. The molecule has 128 valence electrons. The lowest BCUT2D eigenvalue weighted by Gasteiger charge is -2.22. The maximum atomic E-state index is 12.5. The van der Waals surface area contributed by atoms with Crippen molar-refractivity contribution in [2.24, 2.45) is 5.92 Å². The summed E-state index contributed by atoms with van der Waals surface area (Å²) in [5.74, 6) is -1.58. The molecule has 0 aliphatic rings. The molecule has 0 spiro atoms. The van der Waals surface area contributed by atoms with E-state index in [1.165, 1.54) is 11.0 Å². The molecule has 0 saturated heterocycles. The zero-order valence-corrected chi connectivity index (χ0v) is 13.5. The lowest BCUT2D eigenvalue weighted by molar-refractivity contribution is -0.142. The molecule has 9 nitrogen and oxygen atoms in total. The summed E-state index contributed by atoms with van der Waals surface area (Å²) in [5.41, 5.74) is 0.964. The second-order valence-corrected chi connectivity index (χ2v) is 5.77. The first-order valence-electron chi connectivity index (χ1n) is 7.63. The number of aliphatic carboxylic acids is 1. The highest BCUT2D eigenvalue weighted by Crippen LogP contribution is 2.16. The zero-order valence-electron chi connectivity index (χ0n) is 13.5. The first-order chi connectivity index (χ1) is 11.5. The van der Waals surface area contributed by atoms with Crippen molar-refractivity contribution in [3.63, 3.8) is 0 Å². The van der Waals surface area contributed by atoms with Crippen LogP contribution in [-0.4, -0.2) is 48.2 Å². The van der Waals surface area contributed by atoms with E-state index in [1.54, 1.807) is 12.4 Å². The number of carboxylic acids is 1. The Morgan fingerprint density at radius 2 is 2.00 bits per heavy atom. The molecule has 0 aliphatic heterocycles. The molecule has 2 rings (SSSR count). The molecule has 9 heteroatoms. The Morgan fingerprint density at radius 1 is 1.29 bits per heavy atom. The van der Waals surface area contributed by atoms with Crippen molar-refractivity contribution in [3.05, 3.63) is 36.4 Å². The number of tetrazole rings is 1. The normalized spacial score (nSPS) is 13.5. The summed E-state index contributed by atoms with van der Waals surface area (Å²) in [6.45, 7) is 3.69. The molecule has 2 N–H and O–H groups in total. The number of aromatic nitrogens is 5. The molecule has 0 saturated carbocycles. The fraction of sp³-hybridized carbons (Fsp3) is 0.467. The topological polar surface area (TPSA) is 123 Å². The number of rotatable bonds is 8. The van der Waals surface area contributed by atoms with Gasteiger partial charge in [-0.1, -0.05) is 13.8 Å². The quantitative estimate of drug-likeness (QED) is 0.720. The summed E-state index contributed by atoms with van der Waals surface area (Å²) in [6, 6.07) is 1.99. The van der Waals surface area contributed by atoms with Crippen molar-refractivity contribution in [1.29, 1.82) is 0 Å². The molecule has 2 aromatic heterocycles. The van der Waals surface area contributed by atoms with Crippen molar-refractivity contribution >= 4 is 11.9 Å². The number of carbonyl (C=O) groups is 2. The third-order valence-corrected chi connectivity index (χ3v) is 3.64. The number of hydrogen-bond acceptors (Lipinski definition) is 6. The molecule has 2 aromatic rings. The van der Waals surface area contributed by atoms with Crippen LogP contribution in [0, 0.1) is 5.92 Å². The van der Waals surface area contributed by atoms with Gasteiger partial charge in [0.1, 0.15) is 18.4 Å². The first kappa shape index (κ1) is 17.5. The molecular weight excluding hydrogens is 312 g/mol. The number of hydrogen-bond donors (Lipinski definition) is 2. The van der Waals surface area contributed by atoms with Crippen molar-refractivity contribution in [3.8, 4) is 0 Å². The van der Waals surface area contributed by atoms with Crippen LogP contribution in [0.2, 0.25) is 0 Å². The van der Waals surface area contributed by atoms with Gasteiger partial charge < -0.3 is 10.4 Å². The zero-order chi connectivity index (χ0) is 17.5. The fourth-order valence-electron chi connectivity index (χ4n) is 2.40. The van der Waals surface area contributed by atoms with E-state index in [9.17, 15) is 14.7 Å². The fourth-order valence-corrected chi connectivity index (χ4v) is 2.40. The van der Waals surface area contributed by atoms with E-state index in [-0.39, 0.29) is 12.3 Å². The summed E-state index contributed by atoms with van der Waals surface area (Å²) < 4.78 is 1.34. The van der Waals surface area contributed by atoms with Crippen molar-refractivity contribution < 1.29 is 14.7 Å². The average Bonchev–Trinajstić information content (AvgIpc) is 3.05. The van der Waals surface area contributed by atoms with Gasteiger partial charge >= 0.3 is 5.97 Å². The number of carboxylic acid groups (broad SMARTS) is 1. The summed E-state index contributed by atoms with van der Waals surface area (Å²) >= 11 is 0. The van der Waals surface area contributed by atoms with E-state index in [1.807, 2.05) is 26.0 Å². The molecule has 0 radical (unpaired) electrons. The minimum Gasteiger partial charge on any atom is -0.480 e. The number of pyridine rings is 1. The van der Waals surface area contributed by atoms with Crippen LogP contribution >= 0.6 is 0 Å². The minimum absolute atomic E-state index is 0.0943. The number of amides is 1. The second kappa shape index (κ2) is 8.14. The van der Waals surface area contributed by atoms with E-state index in [0.29, 0.717) is 6.42 Å². The standard InChI is InChI=1S/C15H20N6O3/c1-10(2)13(21-9-17-19-20-21)14(22)18-12(15(23)24)4-3-11-5-7-16-8-6-11/h5-10,12-13H,3-4H2,1-2H3,(H,18,22)(H,23,24). The van der Waals surface area contributed by atoms with Gasteiger partial charge in [0.25, 0.3) is 0 Å². The molecule has 24 heavy (non-hydrogen) atoms. The second-order valence-electron chi connectivity index (χ2n) is 5.77. The maximum absolute atomic E-state index is 12.5. The van der Waals surface area contributed by atoms with Crippen LogP contribution in [0.5, 0.6) is 0 Å². The van der Waals surface area contributed by atoms with E-state index >= 15 is 0 Å². The Labute approximate surface area is 139 Å². The summed E-state index contributed by atoms with van der Waals surface area (Å²) in [4.78, 5) is 27.9. The van der Waals surface area contributed by atoms with Crippen molar-refractivity contribution in [2.45, 2.75) is 38.8 Å². The van der Waals surface area contributed by atoms with Crippen LogP contribution in [0.1, 0.15) is 31.9 Å². The number of nitrogens with zero attached hydrogens (tertiary/aromatic N) is 5. The van der Waals surface area contributed by atoms with Gasteiger partial charge in [0, 0.05) is 12.4 Å². The number of nitrogens with one attached hydrogen (secondary N) is 1. The smallest absolute Gasteiger partial charge is 0.326 e. The molecule has 2 atom stereocenters. The third kappa shape index (κ3) is 4.58. The van der Waals surface area contributed by atoms with E-state index in [4.69, 9.17) is 0 Å². The van der Waals surface area contributed by atoms with Crippen molar-refractivity contribution in [1.82, 2.24) is 30.5 Å². The molecule has 1 amide bonds. The molecule has 0 aromatic carbocycles. The monoisotopic (exact) mass is 332 g/mol. The van der Waals surface area contributed by atoms with Gasteiger partial charge in [-0.25, -0.2) is 9.48 Å². The van der Waals surface area contributed by atoms with E-state index in [0.717, 1.165) is 5.56 Å². The molecule has 0 fully saturated rings. The molecule has 0 bridgehead atoms. The highest BCUT2D eigenvalue weighted by atomic mass is 16.4. The highest BCUT2D eigenvalue weighted by Gasteiger charge is 2.29. The van der Waals surface area contributed by atoms with Gasteiger partial charge in [0.05, 0.1) is 0 Å². The largest absolute Gasteiger partial charge is 0.480 e. The van der Waals surface area contributed by atoms with E-state index < -0.39 is 24.0 Å². The Bertz CT molecular complexity index is 659. The predicted molar refractivity (Wildman–Crippen MR) is 83.8 cm³/mol. The molecular formula is C15H20N6O3. The average molecular weight is 332 g/mol. The maximum Gasteiger partial charge on any atom is 0.326 e. The van der Waals surface area contributed by atoms with Crippen LogP contribution in [0.4, 0.5) is 0 Å². The predicted octanol–water partition coefficient (Wildman–Crippen LogP) is 0.467. The number of aryl methyl sites for hydroxylation is 1.